The van der Waals surface area contributed by atoms with Crippen molar-refractivity contribution < 1.29 is 9.53 Å². The molecule has 0 atom stereocenters. The molecule has 0 aromatic heterocycles. The Bertz CT molecular complexity index is 363. The van der Waals surface area contributed by atoms with Gasteiger partial charge in [0.2, 0.25) is 5.91 Å². The molecule has 100 valence electrons. The molecule has 0 heterocycles. The van der Waals surface area contributed by atoms with E-state index in [1.165, 1.54) is 0 Å². The fourth-order valence-corrected chi connectivity index (χ4v) is 1.58. The van der Waals surface area contributed by atoms with Crippen LogP contribution >= 0.6 is 0 Å². The van der Waals surface area contributed by atoms with Gasteiger partial charge in [-0.1, -0.05) is 19.1 Å². The van der Waals surface area contributed by atoms with Crippen molar-refractivity contribution in [1.82, 2.24) is 4.90 Å². The van der Waals surface area contributed by atoms with Gasteiger partial charge < -0.3 is 15.4 Å². The van der Waals surface area contributed by atoms with Gasteiger partial charge in [0, 0.05) is 25.9 Å². The highest BCUT2D eigenvalue weighted by Gasteiger charge is 2.08. The van der Waals surface area contributed by atoms with E-state index in [2.05, 4.69) is 6.92 Å². The molecular weight excluding hydrogens is 228 g/mol. The largest absolute Gasteiger partial charge is 0.399 e. The van der Waals surface area contributed by atoms with E-state index in [0.717, 1.165) is 24.3 Å². The van der Waals surface area contributed by atoms with Gasteiger partial charge in [0.15, 0.2) is 0 Å². The number of carbonyl (C=O) groups is 1. The van der Waals surface area contributed by atoms with Crippen LogP contribution in [-0.2, 0) is 16.1 Å². The van der Waals surface area contributed by atoms with Crippen LogP contribution < -0.4 is 5.73 Å². The van der Waals surface area contributed by atoms with E-state index < -0.39 is 0 Å². The minimum atomic E-state index is 0.0999. The van der Waals surface area contributed by atoms with Crippen molar-refractivity contribution in [3.05, 3.63) is 29.8 Å². The second kappa shape index (κ2) is 7.71. The van der Waals surface area contributed by atoms with E-state index >= 15 is 0 Å². The monoisotopic (exact) mass is 250 g/mol. The molecule has 0 unspecified atom stereocenters. The predicted molar refractivity (Wildman–Crippen MR) is 73.1 cm³/mol. The van der Waals surface area contributed by atoms with Gasteiger partial charge in [0.1, 0.15) is 0 Å². The van der Waals surface area contributed by atoms with Crippen molar-refractivity contribution >= 4 is 11.6 Å². The number of nitrogens with zero attached hydrogens (tertiary/aromatic N) is 1. The third kappa shape index (κ3) is 5.19. The molecule has 0 fully saturated rings. The topological polar surface area (TPSA) is 55.6 Å². The highest BCUT2D eigenvalue weighted by atomic mass is 16.5. The third-order valence-corrected chi connectivity index (χ3v) is 2.63. The van der Waals surface area contributed by atoms with Crippen molar-refractivity contribution in [3.63, 3.8) is 0 Å². The Morgan fingerprint density at radius 1 is 1.28 bits per heavy atom. The highest BCUT2D eigenvalue weighted by Crippen LogP contribution is 2.08. The predicted octanol–water partition coefficient (Wildman–Crippen LogP) is 2.04. The van der Waals surface area contributed by atoms with Gasteiger partial charge in [-0.3, -0.25) is 4.79 Å². The molecule has 2 N–H and O–H groups in total. The van der Waals surface area contributed by atoms with Gasteiger partial charge >= 0.3 is 0 Å². The molecule has 0 bridgehead atoms. The van der Waals surface area contributed by atoms with Gasteiger partial charge in [-0.2, -0.15) is 0 Å². The number of carbonyl (C=O) groups excluding carboxylic acids is 1. The minimum absolute atomic E-state index is 0.0999. The fraction of sp³-hybridized carbons (Fsp3) is 0.500. The first-order valence-corrected chi connectivity index (χ1v) is 6.29. The molecule has 18 heavy (non-hydrogen) atoms. The summed E-state index contributed by atoms with van der Waals surface area (Å²) in [5.74, 6) is 0.0999. The molecule has 0 saturated heterocycles. The number of anilines is 1. The third-order valence-electron chi connectivity index (χ3n) is 2.63. The Balaban J connectivity index is 2.33. The summed E-state index contributed by atoms with van der Waals surface area (Å²) in [6, 6.07) is 7.56. The molecule has 4 heteroatoms. The first-order chi connectivity index (χ1) is 8.63. The number of nitrogen functional groups attached to an aromatic ring is 1. The number of benzene rings is 1. The zero-order chi connectivity index (χ0) is 13.4. The summed E-state index contributed by atoms with van der Waals surface area (Å²) in [5, 5.41) is 0. The second-order valence-corrected chi connectivity index (χ2v) is 4.35. The minimum Gasteiger partial charge on any atom is -0.399 e. The summed E-state index contributed by atoms with van der Waals surface area (Å²) in [6.07, 6.45) is 1.42. The molecule has 0 aliphatic rings. The number of hydrogen-bond donors (Lipinski definition) is 1. The number of ether oxygens (including phenoxy) is 1. The molecular formula is C14H22N2O2. The molecule has 0 spiro atoms. The van der Waals surface area contributed by atoms with Crippen LogP contribution in [0.4, 0.5) is 5.69 Å². The van der Waals surface area contributed by atoms with E-state index in [9.17, 15) is 4.79 Å². The van der Waals surface area contributed by atoms with Gasteiger partial charge in [0.25, 0.3) is 0 Å². The number of nitrogens with two attached hydrogens (primary N) is 1. The van der Waals surface area contributed by atoms with Crippen molar-refractivity contribution in [1.29, 1.82) is 0 Å². The number of hydrogen-bond acceptors (Lipinski definition) is 3. The maximum atomic E-state index is 11.8. The smallest absolute Gasteiger partial charge is 0.224 e. The van der Waals surface area contributed by atoms with Crippen LogP contribution in [0.25, 0.3) is 0 Å². The van der Waals surface area contributed by atoms with E-state index in [-0.39, 0.29) is 5.91 Å². The first kappa shape index (κ1) is 14.5. The van der Waals surface area contributed by atoms with E-state index in [0.29, 0.717) is 19.6 Å². The molecule has 1 aromatic rings. The lowest BCUT2D eigenvalue weighted by atomic mass is 10.2. The van der Waals surface area contributed by atoms with E-state index in [1.807, 2.05) is 24.3 Å². The standard InChI is InChI=1S/C14H22N2O2/c1-3-9-18-10-8-14(17)16(2)11-12-4-6-13(15)7-5-12/h4-7H,3,8-11,15H2,1-2H3. The number of amides is 1. The molecule has 1 rings (SSSR count). The van der Waals surface area contributed by atoms with Crippen molar-refractivity contribution in [2.24, 2.45) is 0 Å². The van der Waals surface area contributed by atoms with Crippen LogP contribution in [0, 0.1) is 0 Å². The Labute approximate surface area is 109 Å². The average Bonchev–Trinajstić information content (AvgIpc) is 2.37. The van der Waals surface area contributed by atoms with Crippen molar-refractivity contribution in [2.75, 3.05) is 26.0 Å². The molecule has 1 amide bonds. The van der Waals surface area contributed by atoms with E-state index in [4.69, 9.17) is 10.5 Å². The normalized spacial score (nSPS) is 10.3. The Morgan fingerprint density at radius 3 is 2.56 bits per heavy atom. The Morgan fingerprint density at radius 2 is 1.94 bits per heavy atom. The molecule has 0 radical (unpaired) electrons. The SMILES string of the molecule is CCCOCCC(=O)N(C)Cc1ccc(N)cc1. The summed E-state index contributed by atoms with van der Waals surface area (Å²) in [4.78, 5) is 13.5. The van der Waals surface area contributed by atoms with Crippen LogP contribution in [0.2, 0.25) is 0 Å². The molecule has 0 aliphatic heterocycles. The summed E-state index contributed by atoms with van der Waals surface area (Å²) in [7, 11) is 1.80. The summed E-state index contributed by atoms with van der Waals surface area (Å²) in [6.45, 7) is 3.87. The zero-order valence-corrected chi connectivity index (χ0v) is 11.2. The van der Waals surface area contributed by atoms with Gasteiger partial charge in [-0.05, 0) is 24.1 Å². The van der Waals surface area contributed by atoms with Crippen molar-refractivity contribution in [3.8, 4) is 0 Å². The fourth-order valence-electron chi connectivity index (χ4n) is 1.58. The summed E-state index contributed by atoms with van der Waals surface area (Å²) < 4.78 is 5.31. The summed E-state index contributed by atoms with van der Waals surface area (Å²) in [5.41, 5.74) is 7.43. The van der Waals surface area contributed by atoms with E-state index in [1.54, 1.807) is 11.9 Å². The van der Waals surface area contributed by atoms with Crippen LogP contribution in [0.15, 0.2) is 24.3 Å². The maximum Gasteiger partial charge on any atom is 0.224 e. The second-order valence-electron chi connectivity index (χ2n) is 4.35. The van der Waals surface area contributed by atoms with Crippen LogP contribution in [0.5, 0.6) is 0 Å². The average molecular weight is 250 g/mol. The first-order valence-electron chi connectivity index (χ1n) is 6.29. The molecule has 1 aromatic carbocycles. The Hall–Kier alpha value is -1.55. The zero-order valence-electron chi connectivity index (χ0n) is 11.2. The lowest BCUT2D eigenvalue weighted by Crippen LogP contribution is -2.27. The molecule has 0 aliphatic carbocycles. The molecule has 0 saturated carbocycles. The lowest BCUT2D eigenvalue weighted by molar-refractivity contribution is -0.131. The highest BCUT2D eigenvalue weighted by molar-refractivity contribution is 5.75. The Kier molecular flexibility index (Phi) is 6.22. The van der Waals surface area contributed by atoms with Gasteiger partial charge in [0.05, 0.1) is 13.0 Å². The van der Waals surface area contributed by atoms with Crippen LogP contribution in [0.3, 0.4) is 0 Å². The number of rotatable bonds is 7. The lowest BCUT2D eigenvalue weighted by Gasteiger charge is -2.17. The van der Waals surface area contributed by atoms with Crippen LogP contribution in [-0.4, -0.2) is 31.1 Å². The quantitative estimate of drug-likeness (QED) is 0.595. The summed E-state index contributed by atoms with van der Waals surface area (Å²) >= 11 is 0. The molecule has 4 nitrogen and oxygen atoms in total. The van der Waals surface area contributed by atoms with Crippen LogP contribution in [0.1, 0.15) is 25.3 Å². The van der Waals surface area contributed by atoms with Gasteiger partial charge in [-0.25, -0.2) is 0 Å². The van der Waals surface area contributed by atoms with Gasteiger partial charge in [-0.15, -0.1) is 0 Å². The van der Waals surface area contributed by atoms with Crippen molar-refractivity contribution in [2.45, 2.75) is 26.3 Å². The maximum absolute atomic E-state index is 11.8.